The third kappa shape index (κ3) is 1.79. The van der Waals surface area contributed by atoms with Crippen molar-refractivity contribution in [2.24, 2.45) is 7.05 Å². The number of aromatic nitrogens is 1. The lowest BCUT2D eigenvalue weighted by Gasteiger charge is -1.98. The fraction of sp³-hybridized carbons (Fsp3) is 0.111. The molecule has 0 aliphatic rings. The second-order valence-corrected chi connectivity index (χ2v) is 5.41. The molecule has 0 aliphatic heterocycles. The first-order valence-electron chi connectivity index (χ1n) is 4.09. The first-order valence-corrected chi connectivity index (χ1v) is 6.26. The highest BCUT2D eigenvalue weighted by molar-refractivity contribution is 9.10. The first-order chi connectivity index (χ1) is 6.89. The van der Waals surface area contributed by atoms with E-state index in [4.69, 9.17) is 0 Å². The Balaban J connectivity index is 2.82. The van der Waals surface area contributed by atoms with Crippen LogP contribution >= 0.6 is 15.9 Å². The number of hydrogen-bond acceptors (Lipinski definition) is 2. The maximum atomic E-state index is 12.7. The van der Waals surface area contributed by atoms with E-state index in [2.05, 4.69) is 15.9 Å². The van der Waals surface area contributed by atoms with Crippen LogP contribution in [-0.4, -0.2) is 13.0 Å². The minimum absolute atomic E-state index is 0.316. The minimum atomic E-state index is -4.63. The number of fused-ring (bicyclic) bond motifs is 1. The monoisotopic (exact) mass is 291 g/mol. The van der Waals surface area contributed by atoms with Gasteiger partial charge in [0.25, 0.3) is 0 Å². The van der Waals surface area contributed by atoms with Crippen LogP contribution in [0, 0.1) is 0 Å². The lowest BCUT2D eigenvalue weighted by Crippen LogP contribution is -1.92. The smallest absolute Gasteiger partial charge is 0.332 e. The molecule has 1 heterocycles. The van der Waals surface area contributed by atoms with E-state index in [-0.39, 0.29) is 4.90 Å². The molecule has 15 heavy (non-hydrogen) atoms. The maximum Gasteiger partial charge on any atom is 0.332 e. The average molecular weight is 292 g/mol. The molecule has 0 aliphatic carbocycles. The van der Waals surface area contributed by atoms with Gasteiger partial charge in [-0.2, -0.15) is 8.42 Å². The van der Waals surface area contributed by atoms with Crippen LogP contribution in [0.5, 0.6) is 0 Å². The summed E-state index contributed by atoms with van der Waals surface area (Å²) >= 11 is 3.33. The summed E-state index contributed by atoms with van der Waals surface area (Å²) < 4.78 is 36.7. The molecule has 0 atom stereocenters. The standard InChI is InChI=1S/C9H7BrFNO2S/c1-12-5-8(10)7-3-2-6(4-9(7)12)15(11,13)14/h2-5H,1H3. The third-order valence-corrected chi connectivity index (χ3v) is 3.64. The molecule has 0 amide bonds. The fourth-order valence-corrected chi connectivity index (χ4v) is 2.59. The zero-order valence-electron chi connectivity index (χ0n) is 7.74. The molecule has 0 spiro atoms. The zero-order valence-corrected chi connectivity index (χ0v) is 10.1. The molecular formula is C9H7BrFNO2S. The molecule has 80 valence electrons. The molecule has 1 aromatic carbocycles. The average Bonchev–Trinajstić information content (AvgIpc) is 2.41. The molecule has 0 bridgehead atoms. The highest BCUT2D eigenvalue weighted by atomic mass is 79.9. The number of rotatable bonds is 1. The summed E-state index contributed by atoms with van der Waals surface area (Å²) in [6.45, 7) is 0. The van der Waals surface area contributed by atoms with Gasteiger partial charge in [-0.15, -0.1) is 3.89 Å². The van der Waals surface area contributed by atoms with E-state index in [1.54, 1.807) is 23.9 Å². The van der Waals surface area contributed by atoms with Gasteiger partial charge in [0.05, 0.1) is 5.52 Å². The van der Waals surface area contributed by atoms with Gasteiger partial charge in [-0.1, -0.05) is 6.07 Å². The largest absolute Gasteiger partial charge is 0.349 e. The molecular weight excluding hydrogens is 285 g/mol. The molecule has 1 aromatic heterocycles. The van der Waals surface area contributed by atoms with Crippen LogP contribution < -0.4 is 0 Å². The lowest BCUT2D eigenvalue weighted by molar-refractivity contribution is 0.552. The predicted octanol–water partition coefficient (Wildman–Crippen LogP) is 2.60. The van der Waals surface area contributed by atoms with Crippen molar-refractivity contribution in [3.8, 4) is 0 Å². The topological polar surface area (TPSA) is 39.1 Å². The van der Waals surface area contributed by atoms with Gasteiger partial charge in [-0.3, -0.25) is 0 Å². The van der Waals surface area contributed by atoms with Crippen LogP contribution in [0.1, 0.15) is 0 Å². The van der Waals surface area contributed by atoms with Crippen LogP contribution in [0.15, 0.2) is 33.8 Å². The van der Waals surface area contributed by atoms with Crippen molar-refractivity contribution in [2.45, 2.75) is 4.90 Å². The normalized spacial score (nSPS) is 12.2. The van der Waals surface area contributed by atoms with Crippen molar-refractivity contribution in [1.29, 1.82) is 0 Å². The van der Waals surface area contributed by atoms with Crippen molar-refractivity contribution in [3.05, 3.63) is 28.9 Å². The van der Waals surface area contributed by atoms with E-state index in [0.717, 1.165) is 9.86 Å². The van der Waals surface area contributed by atoms with Gasteiger partial charge in [-0.25, -0.2) is 0 Å². The fourth-order valence-electron chi connectivity index (χ4n) is 1.47. The number of nitrogens with zero attached hydrogens (tertiary/aromatic N) is 1. The van der Waals surface area contributed by atoms with E-state index >= 15 is 0 Å². The molecule has 2 aromatic rings. The van der Waals surface area contributed by atoms with E-state index < -0.39 is 10.2 Å². The Kier molecular flexibility index (Phi) is 2.35. The molecule has 0 saturated carbocycles. The Morgan fingerprint density at radius 3 is 2.67 bits per heavy atom. The Morgan fingerprint density at radius 2 is 2.07 bits per heavy atom. The highest BCUT2D eigenvalue weighted by Crippen LogP contribution is 2.27. The molecule has 0 saturated heterocycles. The van der Waals surface area contributed by atoms with E-state index in [0.29, 0.717) is 5.52 Å². The van der Waals surface area contributed by atoms with Gasteiger partial charge in [0.15, 0.2) is 0 Å². The second kappa shape index (κ2) is 3.31. The first kappa shape index (κ1) is 10.6. The van der Waals surface area contributed by atoms with Crippen LogP contribution in [0.25, 0.3) is 10.9 Å². The summed E-state index contributed by atoms with van der Waals surface area (Å²) in [5, 5.41) is 0.852. The van der Waals surface area contributed by atoms with Gasteiger partial charge in [0, 0.05) is 23.1 Å². The number of halogens is 2. The lowest BCUT2D eigenvalue weighted by atomic mass is 10.2. The van der Waals surface area contributed by atoms with Crippen molar-refractivity contribution in [3.63, 3.8) is 0 Å². The Bertz CT molecular complexity index is 633. The van der Waals surface area contributed by atoms with Crippen LogP contribution in [0.4, 0.5) is 3.89 Å². The Morgan fingerprint density at radius 1 is 1.40 bits per heavy atom. The molecule has 2 rings (SSSR count). The minimum Gasteiger partial charge on any atom is -0.349 e. The zero-order chi connectivity index (χ0) is 11.2. The molecule has 3 nitrogen and oxygen atoms in total. The number of benzene rings is 1. The van der Waals surface area contributed by atoms with E-state index in [1.807, 2.05) is 0 Å². The summed E-state index contributed by atoms with van der Waals surface area (Å²) in [6.07, 6.45) is 1.79. The van der Waals surface area contributed by atoms with Gasteiger partial charge < -0.3 is 4.57 Å². The summed E-state index contributed by atoms with van der Waals surface area (Å²) in [6, 6.07) is 4.14. The molecule has 0 unspecified atom stereocenters. The van der Waals surface area contributed by atoms with Crippen LogP contribution in [0.3, 0.4) is 0 Å². The molecule has 0 fully saturated rings. The third-order valence-electron chi connectivity index (χ3n) is 2.20. The molecule has 0 N–H and O–H groups in total. The summed E-state index contributed by atoms with van der Waals surface area (Å²) in [5.74, 6) is 0. The summed E-state index contributed by atoms with van der Waals surface area (Å²) in [7, 11) is -2.86. The van der Waals surface area contributed by atoms with E-state index in [1.165, 1.54) is 12.1 Å². The van der Waals surface area contributed by atoms with Crippen molar-refractivity contribution in [1.82, 2.24) is 4.57 Å². The molecule has 0 radical (unpaired) electrons. The summed E-state index contributed by atoms with van der Waals surface area (Å²) in [5.41, 5.74) is 0.667. The van der Waals surface area contributed by atoms with Crippen LogP contribution in [0.2, 0.25) is 0 Å². The van der Waals surface area contributed by atoms with Crippen molar-refractivity contribution >= 4 is 37.1 Å². The Hall–Kier alpha value is -0.880. The Labute approximate surface area is 94.9 Å². The van der Waals surface area contributed by atoms with Gasteiger partial charge in [0.1, 0.15) is 4.90 Å². The van der Waals surface area contributed by atoms with Crippen LogP contribution in [-0.2, 0) is 17.3 Å². The molecule has 6 heteroatoms. The second-order valence-electron chi connectivity index (χ2n) is 3.20. The number of hydrogen-bond donors (Lipinski definition) is 0. The maximum absolute atomic E-state index is 12.7. The van der Waals surface area contributed by atoms with Gasteiger partial charge in [0.2, 0.25) is 0 Å². The van der Waals surface area contributed by atoms with Gasteiger partial charge >= 0.3 is 10.2 Å². The summed E-state index contributed by atoms with van der Waals surface area (Å²) in [4.78, 5) is -0.316. The van der Waals surface area contributed by atoms with Crippen molar-refractivity contribution in [2.75, 3.05) is 0 Å². The SMILES string of the molecule is Cn1cc(Br)c2ccc(S(=O)(=O)F)cc21. The highest BCUT2D eigenvalue weighted by Gasteiger charge is 2.14. The van der Waals surface area contributed by atoms with E-state index in [9.17, 15) is 12.3 Å². The predicted molar refractivity (Wildman–Crippen MR) is 58.9 cm³/mol. The van der Waals surface area contributed by atoms with Gasteiger partial charge in [-0.05, 0) is 28.1 Å². The van der Waals surface area contributed by atoms with Crippen molar-refractivity contribution < 1.29 is 12.3 Å². The quantitative estimate of drug-likeness (QED) is 0.758. The number of aryl methyl sites for hydroxylation is 1.